The number of nitrogens with two attached hydrogens (primary N) is 1. The summed E-state index contributed by atoms with van der Waals surface area (Å²) in [6, 6.07) is 17.2. The highest BCUT2D eigenvalue weighted by Crippen LogP contribution is 2.15. The van der Waals surface area contributed by atoms with Gasteiger partial charge in [-0.1, -0.05) is 48.5 Å². The van der Waals surface area contributed by atoms with E-state index in [1.807, 2.05) is 0 Å². The summed E-state index contributed by atoms with van der Waals surface area (Å²) in [7, 11) is 0. The predicted octanol–water partition coefficient (Wildman–Crippen LogP) is 3.18. The zero-order valence-corrected chi connectivity index (χ0v) is 15.2. The van der Waals surface area contributed by atoms with Crippen molar-refractivity contribution in [2.45, 2.75) is 51.0 Å². The molecule has 0 atom stereocenters. The summed E-state index contributed by atoms with van der Waals surface area (Å²) < 4.78 is 0. The van der Waals surface area contributed by atoms with Crippen molar-refractivity contribution in [3.63, 3.8) is 0 Å². The average molecular weight is 341 g/mol. The van der Waals surface area contributed by atoms with Crippen molar-refractivity contribution in [1.82, 2.24) is 0 Å². The van der Waals surface area contributed by atoms with E-state index in [1.54, 1.807) is 0 Å². The molecule has 2 aromatic rings. The maximum absolute atomic E-state index is 9.24. The molecule has 3 heteroatoms. The molecule has 0 radical (unpaired) electrons. The first-order valence-corrected chi connectivity index (χ1v) is 9.19. The van der Waals surface area contributed by atoms with Crippen molar-refractivity contribution in [3.8, 4) is 0 Å². The van der Waals surface area contributed by atoms with Gasteiger partial charge in [-0.05, 0) is 67.7 Å². The highest BCUT2D eigenvalue weighted by Gasteiger charge is 2.22. The molecular formula is C22H31NO2. The summed E-state index contributed by atoms with van der Waals surface area (Å²) in [6.45, 7) is 1.79. The van der Waals surface area contributed by atoms with Crippen LogP contribution in [-0.4, -0.2) is 29.0 Å². The first kappa shape index (κ1) is 19.6. The first-order chi connectivity index (χ1) is 12.1. The zero-order valence-electron chi connectivity index (χ0n) is 15.2. The smallest absolute Gasteiger partial charge is 0.0633 e. The van der Waals surface area contributed by atoms with Crippen molar-refractivity contribution in [2.24, 2.45) is 5.73 Å². The summed E-state index contributed by atoms with van der Waals surface area (Å²) in [5.41, 5.74) is 10.4. The largest absolute Gasteiger partial charge is 0.394 e. The van der Waals surface area contributed by atoms with Crippen LogP contribution in [0, 0.1) is 6.92 Å². The number of unbranched alkanes of at least 4 members (excludes halogenated alkanes) is 1. The number of benzene rings is 2. The van der Waals surface area contributed by atoms with Gasteiger partial charge in [0.1, 0.15) is 0 Å². The van der Waals surface area contributed by atoms with Gasteiger partial charge in [0, 0.05) is 0 Å². The normalized spacial score (nSPS) is 11.7. The SMILES string of the molecule is Cc1ccccc1CCCCc1ccc(CCC(N)(CO)CO)cc1. The molecular weight excluding hydrogens is 310 g/mol. The van der Waals surface area contributed by atoms with Gasteiger partial charge in [-0.3, -0.25) is 0 Å². The van der Waals surface area contributed by atoms with Crippen LogP contribution in [0.25, 0.3) is 0 Å². The van der Waals surface area contributed by atoms with Crippen LogP contribution in [0.3, 0.4) is 0 Å². The van der Waals surface area contributed by atoms with Crippen LogP contribution >= 0.6 is 0 Å². The monoisotopic (exact) mass is 341 g/mol. The van der Waals surface area contributed by atoms with Crippen LogP contribution in [0.5, 0.6) is 0 Å². The van der Waals surface area contributed by atoms with Crippen LogP contribution in [0.1, 0.15) is 41.5 Å². The summed E-state index contributed by atoms with van der Waals surface area (Å²) >= 11 is 0. The summed E-state index contributed by atoms with van der Waals surface area (Å²) in [6.07, 6.45) is 5.98. The van der Waals surface area contributed by atoms with Gasteiger partial charge in [-0.2, -0.15) is 0 Å². The molecule has 0 fully saturated rings. The molecule has 136 valence electrons. The number of hydrogen-bond donors (Lipinski definition) is 3. The maximum Gasteiger partial charge on any atom is 0.0633 e. The summed E-state index contributed by atoms with van der Waals surface area (Å²) in [5, 5.41) is 18.5. The van der Waals surface area contributed by atoms with E-state index in [2.05, 4.69) is 55.5 Å². The Labute approximate surface area is 151 Å². The average Bonchev–Trinajstić information content (AvgIpc) is 2.65. The fraction of sp³-hybridized carbons (Fsp3) is 0.455. The van der Waals surface area contributed by atoms with Crippen molar-refractivity contribution < 1.29 is 10.2 Å². The molecule has 0 aliphatic heterocycles. The Bertz CT molecular complexity index is 633. The van der Waals surface area contributed by atoms with Gasteiger partial charge in [0.15, 0.2) is 0 Å². The molecule has 4 N–H and O–H groups in total. The number of aliphatic hydroxyl groups excluding tert-OH is 2. The van der Waals surface area contributed by atoms with Gasteiger partial charge < -0.3 is 15.9 Å². The highest BCUT2D eigenvalue weighted by atomic mass is 16.3. The minimum Gasteiger partial charge on any atom is -0.394 e. The third kappa shape index (κ3) is 6.28. The van der Waals surface area contributed by atoms with Gasteiger partial charge in [0.05, 0.1) is 18.8 Å². The minimum atomic E-state index is -0.881. The van der Waals surface area contributed by atoms with E-state index < -0.39 is 5.54 Å². The van der Waals surface area contributed by atoms with Crippen LogP contribution < -0.4 is 5.73 Å². The summed E-state index contributed by atoms with van der Waals surface area (Å²) in [5.74, 6) is 0. The Morgan fingerprint density at radius 2 is 1.36 bits per heavy atom. The Hall–Kier alpha value is -1.68. The van der Waals surface area contributed by atoms with Crippen LogP contribution in [0.15, 0.2) is 48.5 Å². The first-order valence-electron chi connectivity index (χ1n) is 9.19. The Morgan fingerprint density at radius 3 is 1.96 bits per heavy atom. The lowest BCUT2D eigenvalue weighted by atomic mass is 9.93. The molecule has 0 bridgehead atoms. The van der Waals surface area contributed by atoms with E-state index in [1.165, 1.54) is 35.1 Å². The number of hydrogen-bond acceptors (Lipinski definition) is 3. The molecule has 0 aliphatic carbocycles. The van der Waals surface area contributed by atoms with Gasteiger partial charge in [-0.25, -0.2) is 0 Å². The Morgan fingerprint density at radius 1 is 0.800 bits per heavy atom. The quantitative estimate of drug-likeness (QED) is 0.582. The standard InChI is InChI=1S/C22H31NO2/c1-18-6-2-4-8-21(18)9-5-3-7-19-10-12-20(13-11-19)14-15-22(23,16-24)17-25/h2,4,6,8,10-13,24-25H,3,5,7,9,14-17,23H2,1H3. The third-order valence-electron chi connectivity index (χ3n) is 4.99. The molecule has 25 heavy (non-hydrogen) atoms. The maximum atomic E-state index is 9.24. The van der Waals surface area contributed by atoms with Gasteiger partial charge in [-0.15, -0.1) is 0 Å². The Balaban J connectivity index is 1.74. The molecule has 0 amide bonds. The second-order valence-electron chi connectivity index (χ2n) is 7.13. The molecule has 0 saturated heterocycles. The molecule has 0 spiro atoms. The fourth-order valence-electron chi connectivity index (χ4n) is 3.01. The van der Waals surface area contributed by atoms with Crippen molar-refractivity contribution in [3.05, 3.63) is 70.8 Å². The lowest BCUT2D eigenvalue weighted by molar-refractivity contribution is 0.115. The van der Waals surface area contributed by atoms with E-state index in [-0.39, 0.29) is 13.2 Å². The lowest BCUT2D eigenvalue weighted by Gasteiger charge is -2.24. The van der Waals surface area contributed by atoms with Crippen LogP contribution in [-0.2, 0) is 19.3 Å². The molecule has 0 saturated carbocycles. The molecule has 0 aromatic heterocycles. The molecule has 0 heterocycles. The topological polar surface area (TPSA) is 66.5 Å². The summed E-state index contributed by atoms with van der Waals surface area (Å²) in [4.78, 5) is 0. The number of aliphatic hydroxyl groups is 2. The van der Waals surface area contributed by atoms with E-state index >= 15 is 0 Å². The second-order valence-corrected chi connectivity index (χ2v) is 7.13. The fourth-order valence-corrected chi connectivity index (χ4v) is 3.01. The van der Waals surface area contributed by atoms with Crippen LogP contribution in [0.4, 0.5) is 0 Å². The molecule has 0 aliphatic rings. The number of aryl methyl sites for hydroxylation is 4. The van der Waals surface area contributed by atoms with Crippen molar-refractivity contribution >= 4 is 0 Å². The molecule has 3 nitrogen and oxygen atoms in total. The molecule has 2 rings (SSSR count). The van der Waals surface area contributed by atoms with Crippen molar-refractivity contribution in [1.29, 1.82) is 0 Å². The van der Waals surface area contributed by atoms with Gasteiger partial charge in [0.2, 0.25) is 0 Å². The second kappa shape index (κ2) is 9.71. The Kier molecular flexibility index (Phi) is 7.63. The van der Waals surface area contributed by atoms with E-state index in [4.69, 9.17) is 5.73 Å². The minimum absolute atomic E-state index is 0.192. The number of rotatable bonds is 10. The van der Waals surface area contributed by atoms with Crippen molar-refractivity contribution in [2.75, 3.05) is 13.2 Å². The third-order valence-corrected chi connectivity index (χ3v) is 4.99. The zero-order chi connectivity index (χ0) is 18.1. The molecule has 2 aromatic carbocycles. The van der Waals surface area contributed by atoms with E-state index in [0.717, 1.165) is 19.3 Å². The van der Waals surface area contributed by atoms with Gasteiger partial charge >= 0.3 is 0 Å². The predicted molar refractivity (Wildman–Crippen MR) is 104 cm³/mol. The van der Waals surface area contributed by atoms with Crippen LogP contribution in [0.2, 0.25) is 0 Å². The lowest BCUT2D eigenvalue weighted by Crippen LogP contribution is -2.47. The van der Waals surface area contributed by atoms with Gasteiger partial charge in [0.25, 0.3) is 0 Å². The molecule has 0 unspecified atom stereocenters. The van der Waals surface area contributed by atoms with E-state index in [0.29, 0.717) is 6.42 Å². The highest BCUT2D eigenvalue weighted by molar-refractivity contribution is 5.26. The van der Waals surface area contributed by atoms with E-state index in [9.17, 15) is 10.2 Å².